The van der Waals surface area contributed by atoms with Crippen molar-refractivity contribution in [2.45, 2.75) is 90.0 Å². The summed E-state index contributed by atoms with van der Waals surface area (Å²) in [5, 5.41) is 11.2. The first-order valence-corrected chi connectivity index (χ1v) is 10.2. The molecular formula is C21H31FO4. The molecule has 4 rings (SSSR count). The molecular weight excluding hydrogens is 335 g/mol. The summed E-state index contributed by atoms with van der Waals surface area (Å²) in [5.41, 5.74) is -2.12. The second-order valence-electron chi connectivity index (χ2n) is 9.84. The Labute approximate surface area is 154 Å². The van der Waals surface area contributed by atoms with Crippen molar-refractivity contribution in [2.24, 2.45) is 28.6 Å². The number of esters is 1. The fourth-order valence-corrected chi connectivity index (χ4v) is 7.34. The van der Waals surface area contributed by atoms with Gasteiger partial charge in [-0.1, -0.05) is 13.8 Å². The maximum Gasteiger partial charge on any atom is 0.302 e. The molecule has 0 aromatic heterocycles. The van der Waals surface area contributed by atoms with Crippen molar-refractivity contribution in [1.29, 1.82) is 0 Å². The lowest BCUT2D eigenvalue weighted by Crippen LogP contribution is -2.67. The number of rotatable bonds is 1. The predicted molar refractivity (Wildman–Crippen MR) is 94.0 cm³/mol. The Hall–Kier alpha value is -0.970. The van der Waals surface area contributed by atoms with Crippen LogP contribution in [0.5, 0.6) is 0 Å². The van der Waals surface area contributed by atoms with Crippen LogP contribution in [0.25, 0.3) is 0 Å². The van der Waals surface area contributed by atoms with Crippen LogP contribution in [0.15, 0.2) is 0 Å². The summed E-state index contributed by atoms with van der Waals surface area (Å²) >= 11 is 0. The molecule has 0 bridgehead atoms. The summed E-state index contributed by atoms with van der Waals surface area (Å²) in [4.78, 5) is 24.5. The lowest BCUT2D eigenvalue weighted by Gasteiger charge is -2.62. The van der Waals surface area contributed by atoms with Crippen LogP contribution >= 0.6 is 0 Å². The maximum absolute atomic E-state index is 14.1. The molecule has 4 fully saturated rings. The molecule has 4 saturated carbocycles. The third-order valence-electron chi connectivity index (χ3n) is 8.80. The van der Waals surface area contributed by atoms with Gasteiger partial charge in [0.2, 0.25) is 0 Å². The molecule has 4 nitrogen and oxygen atoms in total. The molecule has 8 atom stereocenters. The van der Waals surface area contributed by atoms with Crippen molar-refractivity contribution in [3.8, 4) is 0 Å². The van der Waals surface area contributed by atoms with Crippen molar-refractivity contribution in [3.05, 3.63) is 0 Å². The molecule has 0 aromatic rings. The van der Waals surface area contributed by atoms with Crippen molar-refractivity contribution < 1.29 is 23.8 Å². The van der Waals surface area contributed by atoms with Gasteiger partial charge in [0.15, 0.2) is 5.78 Å². The molecule has 5 heteroatoms. The Morgan fingerprint density at radius 1 is 1.15 bits per heavy atom. The van der Waals surface area contributed by atoms with Crippen LogP contribution in [-0.4, -0.2) is 34.7 Å². The van der Waals surface area contributed by atoms with Gasteiger partial charge in [-0.05, 0) is 56.3 Å². The van der Waals surface area contributed by atoms with Gasteiger partial charge in [0, 0.05) is 30.6 Å². The van der Waals surface area contributed by atoms with E-state index in [0.717, 1.165) is 25.7 Å². The third kappa shape index (κ3) is 2.28. The van der Waals surface area contributed by atoms with E-state index in [2.05, 4.69) is 6.92 Å². The topological polar surface area (TPSA) is 63.6 Å². The number of Topliss-reactive ketones (excluding diaryl/α,β-unsaturated/α-hetero) is 1. The van der Waals surface area contributed by atoms with Gasteiger partial charge >= 0.3 is 5.97 Å². The van der Waals surface area contributed by atoms with E-state index in [4.69, 9.17) is 4.74 Å². The summed E-state index contributed by atoms with van der Waals surface area (Å²) in [5.74, 6) is 0.388. The van der Waals surface area contributed by atoms with E-state index < -0.39 is 17.2 Å². The molecule has 0 aromatic carbocycles. The van der Waals surface area contributed by atoms with Gasteiger partial charge in [0.05, 0.1) is 0 Å². The van der Waals surface area contributed by atoms with E-state index in [9.17, 15) is 19.1 Å². The van der Waals surface area contributed by atoms with Crippen molar-refractivity contribution in [1.82, 2.24) is 0 Å². The van der Waals surface area contributed by atoms with Crippen LogP contribution in [0.4, 0.5) is 4.39 Å². The zero-order valence-corrected chi connectivity index (χ0v) is 16.1. The lowest BCUT2D eigenvalue weighted by atomic mass is 9.43. The fourth-order valence-electron chi connectivity index (χ4n) is 7.34. The van der Waals surface area contributed by atoms with Gasteiger partial charge in [-0.15, -0.1) is 0 Å². The SMILES string of the molecule is CC(=O)O[C@H]1CC[C@H]2[C@@H]3CC(=O)[C@]4(O)C[C@@H](F)CC[C@]4(C)[C@H]3CC[C@]12C. The lowest BCUT2D eigenvalue weighted by molar-refractivity contribution is -0.211. The number of aliphatic hydroxyl groups is 1. The maximum atomic E-state index is 14.1. The number of fused-ring (bicyclic) bond motifs is 5. The third-order valence-corrected chi connectivity index (χ3v) is 8.80. The molecule has 26 heavy (non-hydrogen) atoms. The number of carbonyl (C=O) groups excluding carboxylic acids is 2. The molecule has 4 aliphatic carbocycles. The summed E-state index contributed by atoms with van der Waals surface area (Å²) in [6.07, 6.45) is 3.84. The number of ketones is 1. The Bertz CT molecular complexity index is 636. The largest absolute Gasteiger partial charge is 0.462 e. The number of alkyl halides is 1. The first-order valence-electron chi connectivity index (χ1n) is 10.2. The Balaban J connectivity index is 1.66. The van der Waals surface area contributed by atoms with Crippen LogP contribution < -0.4 is 0 Å². The fraction of sp³-hybridized carbons (Fsp3) is 0.905. The number of ether oxygens (including phenoxy) is 1. The van der Waals surface area contributed by atoms with Gasteiger partial charge in [0.25, 0.3) is 0 Å². The highest BCUT2D eigenvalue weighted by Gasteiger charge is 2.68. The van der Waals surface area contributed by atoms with Crippen LogP contribution in [-0.2, 0) is 14.3 Å². The minimum Gasteiger partial charge on any atom is -0.462 e. The standard InChI is InChI=1S/C21H31FO4/c1-12(23)26-18-5-4-15-14-10-17(24)21(25)11-13(22)6-9-20(21,3)16(14)7-8-19(15,18)2/h13-16,18,25H,4-11H2,1-3H3/t13-,14-,15-,16-,18-,19-,20+,21+/m0/s1. The molecule has 146 valence electrons. The minimum absolute atomic E-state index is 0.0381. The number of carbonyl (C=O) groups is 2. The van der Waals surface area contributed by atoms with Crippen molar-refractivity contribution in [3.63, 3.8) is 0 Å². The van der Waals surface area contributed by atoms with Crippen molar-refractivity contribution >= 4 is 11.8 Å². The van der Waals surface area contributed by atoms with Crippen molar-refractivity contribution in [2.75, 3.05) is 0 Å². The molecule has 0 radical (unpaired) electrons. The van der Waals surface area contributed by atoms with Crippen LogP contribution in [0.1, 0.15) is 72.1 Å². The van der Waals surface area contributed by atoms with Gasteiger partial charge < -0.3 is 9.84 Å². The highest BCUT2D eigenvalue weighted by atomic mass is 19.1. The quantitative estimate of drug-likeness (QED) is 0.720. The van der Waals surface area contributed by atoms with Gasteiger partial charge in [-0.25, -0.2) is 4.39 Å². The van der Waals surface area contributed by atoms with E-state index in [-0.39, 0.29) is 41.5 Å². The van der Waals surface area contributed by atoms with Crippen LogP contribution in [0.2, 0.25) is 0 Å². The van der Waals surface area contributed by atoms with Gasteiger partial charge in [-0.2, -0.15) is 0 Å². The zero-order valence-electron chi connectivity index (χ0n) is 16.1. The second kappa shape index (κ2) is 5.76. The smallest absolute Gasteiger partial charge is 0.302 e. The normalized spacial score (nSPS) is 53.4. The number of halogens is 1. The Kier molecular flexibility index (Phi) is 4.08. The highest BCUT2D eigenvalue weighted by Crippen LogP contribution is 2.66. The zero-order chi connectivity index (χ0) is 18.9. The molecule has 0 saturated heterocycles. The molecule has 0 spiro atoms. The average molecular weight is 366 g/mol. The number of hydrogen-bond acceptors (Lipinski definition) is 4. The average Bonchev–Trinajstić information content (AvgIpc) is 2.87. The molecule has 0 aliphatic heterocycles. The minimum atomic E-state index is -1.51. The molecule has 0 unspecified atom stereocenters. The molecule has 1 N–H and O–H groups in total. The van der Waals surface area contributed by atoms with E-state index in [1.165, 1.54) is 6.92 Å². The Morgan fingerprint density at radius 2 is 1.88 bits per heavy atom. The summed E-state index contributed by atoms with van der Waals surface area (Å²) in [7, 11) is 0. The van der Waals surface area contributed by atoms with Crippen LogP contribution in [0, 0.1) is 28.6 Å². The molecule has 4 aliphatic rings. The first-order chi connectivity index (χ1) is 12.1. The second-order valence-corrected chi connectivity index (χ2v) is 9.84. The monoisotopic (exact) mass is 366 g/mol. The molecule has 0 amide bonds. The summed E-state index contributed by atoms with van der Waals surface area (Å²) in [6.45, 7) is 5.69. The van der Waals surface area contributed by atoms with Gasteiger partial charge in [0.1, 0.15) is 17.9 Å². The summed E-state index contributed by atoms with van der Waals surface area (Å²) in [6, 6.07) is 0. The summed E-state index contributed by atoms with van der Waals surface area (Å²) < 4.78 is 19.7. The van der Waals surface area contributed by atoms with Crippen LogP contribution in [0.3, 0.4) is 0 Å². The number of hydrogen-bond donors (Lipinski definition) is 1. The van der Waals surface area contributed by atoms with E-state index >= 15 is 0 Å². The first kappa shape index (κ1) is 18.4. The van der Waals surface area contributed by atoms with E-state index in [0.29, 0.717) is 25.2 Å². The Morgan fingerprint density at radius 3 is 2.58 bits per heavy atom. The molecule has 0 heterocycles. The van der Waals surface area contributed by atoms with Gasteiger partial charge in [-0.3, -0.25) is 9.59 Å². The predicted octanol–water partition coefficient (Wildman–Crippen LogP) is 3.59. The van der Waals surface area contributed by atoms with E-state index in [1.807, 2.05) is 6.92 Å². The highest BCUT2D eigenvalue weighted by molar-refractivity contribution is 5.89. The van der Waals surface area contributed by atoms with E-state index in [1.54, 1.807) is 0 Å².